The van der Waals surface area contributed by atoms with E-state index in [2.05, 4.69) is 11.6 Å². The number of halogens is 6. The van der Waals surface area contributed by atoms with Crippen molar-refractivity contribution >= 4 is 11.3 Å². The fourth-order valence-corrected chi connectivity index (χ4v) is 2.14. The van der Waals surface area contributed by atoms with Crippen LogP contribution >= 0.6 is 0 Å². The summed E-state index contributed by atoms with van der Waals surface area (Å²) in [5, 5.41) is 0. The van der Waals surface area contributed by atoms with Crippen LogP contribution in [-0.4, -0.2) is 9.55 Å². The number of hydrogen-bond donors (Lipinski definition) is 1. The Labute approximate surface area is 133 Å². The molecule has 0 fully saturated rings. The minimum atomic E-state index is -4.79. The molecule has 2 aromatic rings. The second kappa shape index (κ2) is 5.88. The number of hydrogen-bond acceptors (Lipinski definition) is 2. The molecule has 0 unspecified atom stereocenters. The molecule has 0 aliphatic carbocycles. The third kappa shape index (κ3) is 3.39. The van der Waals surface area contributed by atoms with Crippen LogP contribution in [0.3, 0.4) is 0 Å². The Morgan fingerprint density at radius 1 is 1.17 bits per heavy atom. The number of anilines is 1. The van der Waals surface area contributed by atoms with Crippen LogP contribution in [0.15, 0.2) is 31.2 Å². The molecule has 0 atom stereocenters. The predicted molar refractivity (Wildman–Crippen MR) is 77.3 cm³/mol. The molecule has 0 aliphatic heterocycles. The van der Waals surface area contributed by atoms with Crippen LogP contribution in [-0.2, 0) is 12.4 Å². The quantitative estimate of drug-likeness (QED) is 0.632. The Morgan fingerprint density at radius 2 is 1.79 bits per heavy atom. The van der Waals surface area contributed by atoms with Crippen molar-refractivity contribution in [2.45, 2.75) is 25.7 Å². The normalized spacial score (nSPS) is 12.5. The van der Waals surface area contributed by atoms with Gasteiger partial charge in [0.05, 0.1) is 17.6 Å². The van der Waals surface area contributed by atoms with Gasteiger partial charge in [-0.05, 0) is 24.1 Å². The molecule has 1 aromatic heterocycles. The lowest BCUT2D eigenvalue weighted by atomic mass is 9.99. The van der Waals surface area contributed by atoms with Crippen molar-refractivity contribution in [2.75, 3.05) is 5.73 Å². The molecule has 3 nitrogen and oxygen atoms in total. The SMILES string of the molecule is C=C(CC)c1cc(-n2cnc(C(F)(F)F)c2)c(C(F)(F)F)cc1N. The number of rotatable bonds is 3. The van der Waals surface area contributed by atoms with Gasteiger partial charge in [0.2, 0.25) is 0 Å². The average molecular weight is 349 g/mol. The van der Waals surface area contributed by atoms with Crippen LogP contribution in [0.1, 0.15) is 30.2 Å². The van der Waals surface area contributed by atoms with Crippen molar-refractivity contribution in [1.29, 1.82) is 0 Å². The van der Waals surface area contributed by atoms with Gasteiger partial charge < -0.3 is 10.3 Å². The van der Waals surface area contributed by atoms with E-state index < -0.39 is 29.3 Å². The molecule has 1 heterocycles. The summed E-state index contributed by atoms with van der Waals surface area (Å²) in [7, 11) is 0. The molecule has 24 heavy (non-hydrogen) atoms. The molecule has 0 radical (unpaired) electrons. The fraction of sp³-hybridized carbons (Fsp3) is 0.267. The summed E-state index contributed by atoms with van der Waals surface area (Å²) in [6, 6.07) is 1.77. The summed E-state index contributed by atoms with van der Waals surface area (Å²) in [5.74, 6) is 0. The summed E-state index contributed by atoms with van der Waals surface area (Å²) in [4.78, 5) is 3.12. The van der Waals surface area contributed by atoms with Crippen molar-refractivity contribution in [3.8, 4) is 5.69 Å². The summed E-state index contributed by atoms with van der Waals surface area (Å²) < 4.78 is 78.3. The molecule has 9 heteroatoms. The van der Waals surface area contributed by atoms with Gasteiger partial charge in [-0.2, -0.15) is 26.3 Å². The number of benzene rings is 1. The number of nitrogen functional groups attached to an aromatic ring is 1. The summed E-state index contributed by atoms with van der Waals surface area (Å²) in [6.45, 7) is 5.44. The van der Waals surface area contributed by atoms with Gasteiger partial charge in [0.15, 0.2) is 5.69 Å². The highest BCUT2D eigenvalue weighted by Gasteiger charge is 2.37. The lowest BCUT2D eigenvalue weighted by Gasteiger charge is -2.17. The summed E-state index contributed by atoms with van der Waals surface area (Å²) >= 11 is 0. The fourth-order valence-electron chi connectivity index (χ4n) is 2.14. The third-order valence-electron chi connectivity index (χ3n) is 3.43. The monoisotopic (exact) mass is 349 g/mol. The van der Waals surface area contributed by atoms with Crippen LogP contribution in [0.4, 0.5) is 32.0 Å². The maximum atomic E-state index is 13.2. The zero-order chi connectivity index (χ0) is 18.3. The molecule has 2 rings (SSSR count). The highest BCUT2D eigenvalue weighted by atomic mass is 19.4. The number of imidazole rings is 1. The Balaban J connectivity index is 2.70. The maximum absolute atomic E-state index is 13.2. The van der Waals surface area contributed by atoms with Crippen molar-refractivity contribution in [3.63, 3.8) is 0 Å². The van der Waals surface area contributed by atoms with Crippen LogP contribution < -0.4 is 5.73 Å². The van der Waals surface area contributed by atoms with Gasteiger partial charge in [-0.3, -0.25) is 0 Å². The molecule has 130 valence electrons. The molecular formula is C15H13F6N3. The zero-order valence-corrected chi connectivity index (χ0v) is 12.5. The summed E-state index contributed by atoms with van der Waals surface area (Å²) in [6.07, 6.45) is -7.94. The van der Waals surface area contributed by atoms with E-state index in [1.807, 2.05) is 0 Å². The smallest absolute Gasteiger partial charge is 0.398 e. The number of aromatic nitrogens is 2. The average Bonchev–Trinajstić information content (AvgIpc) is 2.95. The van der Waals surface area contributed by atoms with Gasteiger partial charge in [-0.15, -0.1) is 0 Å². The number of alkyl halides is 6. The minimum Gasteiger partial charge on any atom is -0.398 e. The molecule has 0 amide bonds. The Bertz CT molecular complexity index is 770. The molecule has 0 bridgehead atoms. The van der Waals surface area contributed by atoms with E-state index >= 15 is 0 Å². The van der Waals surface area contributed by atoms with E-state index in [4.69, 9.17) is 5.73 Å². The first-order valence-electron chi connectivity index (χ1n) is 6.75. The molecule has 0 aliphatic rings. The first-order valence-corrected chi connectivity index (χ1v) is 6.75. The highest BCUT2D eigenvalue weighted by Crippen LogP contribution is 2.39. The lowest BCUT2D eigenvalue weighted by molar-refractivity contribution is -0.140. The largest absolute Gasteiger partial charge is 0.434 e. The van der Waals surface area contributed by atoms with Gasteiger partial charge in [0.25, 0.3) is 0 Å². The number of allylic oxidation sites excluding steroid dienone is 1. The van der Waals surface area contributed by atoms with Gasteiger partial charge in [0, 0.05) is 17.4 Å². The highest BCUT2D eigenvalue weighted by molar-refractivity contribution is 5.76. The Kier molecular flexibility index (Phi) is 4.38. The molecule has 0 spiro atoms. The van der Waals surface area contributed by atoms with Gasteiger partial charge in [0.1, 0.15) is 0 Å². The standard InChI is InChI=1S/C15H13F6N3/c1-3-8(2)9-4-12(10(5-11(9)22)14(16,17)18)24-6-13(23-7-24)15(19,20)21/h4-7H,2-3,22H2,1H3. The van der Waals surface area contributed by atoms with E-state index in [1.165, 1.54) is 0 Å². The van der Waals surface area contributed by atoms with E-state index in [1.54, 1.807) is 6.92 Å². The molecule has 0 saturated carbocycles. The van der Waals surface area contributed by atoms with Crippen LogP contribution in [0.2, 0.25) is 0 Å². The Hall–Kier alpha value is -2.45. The topological polar surface area (TPSA) is 43.8 Å². The van der Waals surface area contributed by atoms with Crippen LogP contribution in [0.25, 0.3) is 11.3 Å². The van der Waals surface area contributed by atoms with E-state index in [0.717, 1.165) is 6.07 Å². The first kappa shape index (κ1) is 17.9. The zero-order valence-electron chi connectivity index (χ0n) is 12.5. The Morgan fingerprint density at radius 3 is 2.25 bits per heavy atom. The van der Waals surface area contributed by atoms with Gasteiger partial charge in [-0.1, -0.05) is 13.5 Å². The van der Waals surface area contributed by atoms with Crippen molar-refractivity contribution in [3.05, 3.63) is 48.1 Å². The van der Waals surface area contributed by atoms with Gasteiger partial charge >= 0.3 is 12.4 Å². The van der Waals surface area contributed by atoms with Crippen LogP contribution in [0, 0.1) is 0 Å². The third-order valence-corrected chi connectivity index (χ3v) is 3.43. The molecule has 1 aromatic carbocycles. The van der Waals surface area contributed by atoms with E-state index in [-0.39, 0.29) is 11.3 Å². The van der Waals surface area contributed by atoms with Gasteiger partial charge in [-0.25, -0.2) is 4.98 Å². The number of nitrogens with zero attached hydrogens (tertiary/aromatic N) is 2. The second-order valence-corrected chi connectivity index (χ2v) is 5.08. The lowest BCUT2D eigenvalue weighted by Crippen LogP contribution is -2.12. The second-order valence-electron chi connectivity index (χ2n) is 5.08. The predicted octanol–water partition coefficient (Wildman–Crippen LogP) is 4.92. The van der Waals surface area contributed by atoms with Crippen molar-refractivity contribution in [1.82, 2.24) is 9.55 Å². The first-order chi connectivity index (χ1) is 10.9. The maximum Gasteiger partial charge on any atom is 0.434 e. The van der Waals surface area contributed by atoms with Crippen molar-refractivity contribution in [2.24, 2.45) is 0 Å². The minimum absolute atomic E-state index is 0.144. The van der Waals surface area contributed by atoms with E-state index in [9.17, 15) is 26.3 Å². The summed E-state index contributed by atoms with van der Waals surface area (Å²) in [5.41, 5.74) is 3.29. The van der Waals surface area contributed by atoms with Crippen molar-refractivity contribution < 1.29 is 26.3 Å². The molecule has 2 N–H and O–H groups in total. The molecule has 0 saturated heterocycles. The van der Waals surface area contributed by atoms with E-state index in [0.29, 0.717) is 35.2 Å². The van der Waals surface area contributed by atoms with Crippen LogP contribution in [0.5, 0.6) is 0 Å². The number of nitrogens with two attached hydrogens (primary N) is 1. The molecular weight excluding hydrogens is 336 g/mol.